The third kappa shape index (κ3) is 3.58. The normalized spacial score (nSPS) is 13.9. The molecule has 0 fully saturated rings. The molecular formula is C17H21NO. The number of ether oxygens (including phenoxy) is 1. The highest BCUT2D eigenvalue weighted by Crippen LogP contribution is 2.22. The first kappa shape index (κ1) is 13.6. The van der Waals surface area contributed by atoms with Gasteiger partial charge in [0.15, 0.2) is 0 Å². The van der Waals surface area contributed by atoms with Crippen molar-refractivity contribution in [1.82, 2.24) is 0 Å². The van der Waals surface area contributed by atoms with Gasteiger partial charge in [-0.05, 0) is 49.6 Å². The van der Waals surface area contributed by atoms with Gasteiger partial charge in [-0.3, -0.25) is 0 Å². The molecule has 0 bridgehead atoms. The highest BCUT2D eigenvalue weighted by molar-refractivity contribution is 5.33. The lowest BCUT2D eigenvalue weighted by atomic mass is 10.0. The minimum Gasteiger partial charge on any atom is -0.489 e. The van der Waals surface area contributed by atoms with E-state index in [2.05, 4.69) is 19.9 Å². The largest absolute Gasteiger partial charge is 0.489 e. The van der Waals surface area contributed by atoms with Crippen LogP contribution >= 0.6 is 0 Å². The summed E-state index contributed by atoms with van der Waals surface area (Å²) in [4.78, 5) is 0. The number of aryl methyl sites for hydroxylation is 2. The number of hydrogen-bond donors (Lipinski definition) is 1. The van der Waals surface area contributed by atoms with Gasteiger partial charge in [-0.2, -0.15) is 0 Å². The molecule has 2 atom stereocenters. The van der Waals surface area contributed by atoms with E-state index in [9.17, 15) is 0 Å². The maximum Gasteiger partial charge on any atom is 0.120 e. The molecule has 0 spiro atoms. The Labute approximate surface area is 115 Å². The Morgan fingerprint density at radius 2 is 1.53 bits per heavy atom. The van der Waals surface area contributed by atoms with Gasteiger partial charge in [0.1, 0.15) is 11.9 Å². The topological polar surface area (TPSA) is 35.2 Å². The summed E-state index contributed by atoms with van der Waals surface area (Å²) in [5.41, 5.74) is 9.74. The van der Waals surface area contributed by atoms with E-state index in [1.807, 2.05) is 49.4 Å². The fourth-order valence-electron chi connectivity index (χ4n) is 2.24. The van der Waals surface area contributed by atoms with Crippen molar-refractivity contribution in [3.05, 3.63) is 65.2 Å². The maximum atomic E-state index is 6.24. The van der Waals surface area contributed by atoms with E-state index < -0.39 is 0 Å². The highest BCUT2D eigenvalue weighted by atomic mass is 16.5. The molecule has 0 aliphatic carbocycles. The van der Waals surface area contributed by atoms with Gasteiger partial charge in [-0.15, -0.1) is 0 Å². The molecule has 0 saturated heterocycles. The molecule has 0 aliphatic heterocycles. The lowest BCUT2D eigenvalue weighted by Crippen LogP contribution is -2.28. The zero-order chi connectivity index (χ0) is 13.8. The zero-order valence-electron chi connectivity index (χ0n) is 11.8. The summed E-state index contributed by atoms with van der Waals surface area (Å²) in [6.07, 6.45) is -0.0661. The Balaban J connectivity index is 2.10. The fraction of sp³-hybridized carbons (Fsp3) is 0.294. The van der Waals surface area contributed by atoms with Crippen molar-refractivity contribution < 1.29 is 4.74 Å². The summed E-state index contributed by atoms with van der Waals surface area (Å²) in [6.45, 7) is 6.15. The summed E-state index contributed by atoms with van der Waals surface area (Å²) in [6, 6.07) is 16.2. The third-order valence-electron chi connectivity index (χ3n) is 3.21. The first-order valence-corrected chi connectivity index (χ1v) is 6.62. The van der Waals surface area contributed by atoms with Gasteiger partial charge in [0.05, 0.1) is 6.04 Å². The molecule has 19 heavy (non-hydrogen) atoms. The average molecular weight is 255 g/mol. The summed E-state index contributed by atoms with van der Waals surface area (Å²) >= 11 is 0. The minimum atomic E-state index is -0.123. The number of hydrogen-bond acceptors (Lipinski definition) is 2. The molecule has 0 radical (unpaired) electrons. The Kier molecular flexibility index (Phi) is 4.23. The quantitative estimate of drug-likeness (QED) is 0.902. The van der Waals surface area contributed by atoms with Gasteiger partial charge in [0.25, 0.3) is 0 Å². The minimum absolute atomic E-state index is 0.0661. The van der Waals surface area contributed by atoms with E-state index in [1.54, 1.807) is 0 Å². The van der Waals surface area contributed by atoms with Crippen molar-refractivity contribution in [2.45, 2.75) is 32.9 Å². The van der Waals surface area contributed by atoms with Gasteiger partial charge in [0.2, 0.25) is 0 Å². The summed E-state index contributed by atoms with van der Waals surface area (Å²) < 4.78 is 5.97. The average Bonchev–Trinajstić information content (AvgIpc) is 2.37. The van der Waals surface area contributed by atoms with Crippen LogP contribution < -0.4 is 10.5 Å². The van der Waals surface area contributed by atoms with Crippen LogP contribution in [0.1, 0.15) is 29.7 Å². The molecule has 2 aromatic carbocycles. The number of benzene rings is 2. The Hall–Kier alpha value is -1.80. The van der Waals surface area contributed by atoms with Crippen molar-refractivity contribution in [3.8, 4) is 5.75 Å². The van der Waals surface area contributed by atoms with E-state index >= 15 is 0 Å². The van der Waals surface area contributed by atoms with Crippen LogP contribution in [0.3, 0.4) is 0 Å². The van der Waals surface area contributed by atoms with Crippen LogP contribution in [0.5, 0.6) is 5.75 Å². The van der Waals surface area contributed by atoms with Crippen molar-refractivity contribution in [2.24, 2.45) is 5.73 Å². The van der Waals surface area contributed by atoms with E-state index in [1.165, 1.54) is 11.1 Å². The van der Waals surface area contributed by atoms with Gasteiger partial charge in [0, 0.05) is 0 Å². The smallest absolute Gasteiger partial charge is 0.120 e. The standard InChI is InChI=1S/C17H21NO/c1-12-9-13(2)11-16(10-12)19-14(3)17(18)15-7-5-4-6-8-15/h4-11,14,17H,18H2,1-3H3. The van der Waals surface area contributed by atoms with Gasteiger partial charge < -0.3 is 10.5 Å². The lowest BCUT2D eigenvalue weighted by Gasteiger charge is -2.22. The maximum absolute atomic E-state index is 6.24. The molecule has 2 heteroatoms. The van der Waals surface area contributed by atoms with Crippen LogP contribution in [0.15, 0.2) is 48.5 Å². The highest BCUT2D eigenvalue weighted by Gasteiger charge is 2.16. The molecule has 0 aliphatic rings. The second-order valence-electron chi connectivity index (χ2n) is 5.08. The molecule has 0 amide bonds. The fourth-order valence-corrected chi connectivity index (χ4v) is 2.24. The Bertz CT molecular complexity index is 516. The first-order valence-electron chi connectivity index (χ1n) is 6.62. The number of nitrogens with two attached hydrogens (primary N) is 1. The molecule has 2 N–H and O–H groups in total. The molecule has 2 rings (SSSR count). The Morgan fingerprint density at radius 3 is 2.11 bits per heavy atom. The summed E-state index contributed by atoms with van der Waals surface area (Å²) in [7, 11) is 0. The molecule has 100 valence electrons. The third-order valence-corrected chi connectivity index (χ3v) is 3.21. The van der Waals surface area contributed by atoms with E-state index in [0.29, 0.717) is 0 Å². The van der Waals surface area contributed by atoms with Crippen LogP contribution in [0.25, 0.3) is 0 Å². The predicted molar refractivity (Wildman–Crippen MR) is 79.4 cm³/mol. The van der Waals surface area contributed by atoms with Gasteiger partial charge in [-0.1, -0.05) is 36.4 Å². The second-order valence-corrected chi connectivity index (χ2v) is 5.08. The van der Waals surface area contributed by atoms with Crippen molar-refractivity contribution in [3.63, 3.8) is 0 Å². The van der Waals surface area contributed by atoms with Crippen molar-refractivity contribution >= 4 is 0 Å². The van der Waals surface area contributed by atoms with E-state index in [4.69, 9.17) is 10.5 Å². The molecule has 2 unspecified atom stereocenters. The second kappa shape index (κ2) is 5.89. The predicted octanol–water partition coefficient (Wildman–Crippen LogP) is 3.77. The van der Waals surface area contributed by atoms with Crippen LogP contribution in [-0.2, 0) is 0 Å². The summed E-state index contributed by atoms with van der Waals surface area (Å²) in [5.74, 6) is 0.886. The number of rotatable bonds is 4. The van der Waals surface area contributed by atoms with Crippen LogP contribution in [0.4, 0.5) is 0 Å². The van der Waals surface area contributed by atoms with Gasteiger partial charge >= 0.3 is 0 Å². The van der Waals surface area contributed by atoms with Crippen LogP contribution in [0, 0.1) is 13.8 Å². The molecule has 0 aromatic heterocycles. The monoisotopic (exact) mass is 255 g/mol. The molecule has 0 saturated carbocycles. The van der Waals surface area contributed by atoms with Gasteiger partial charge in [-0.25, -0.2) is 0 Å². The molecule has 0 heterocycles. The van der Waals surface area contributed by atoms with E-state index in [0.717, 1.165) is 11.3 Å². The van der Waals surface area contributed by atoms with Crippen LogP contribution in [-0.4, -0.2) is 6.10 Å². The molecular weight excluding hydrogens is 234 g/mol. The zero-order valence-corrected chi connectivity index (χ0v) is 11.8. The SMILES string of the molecule is Cc1cc(C)cc(OC(C)C(N)c2ccccc2)c1. The van der Waals surface area contributed by atoms with Crippen molar-refractivity contribution in [1.29, 1.82) is 0 Å². The van der Waals surface area contributed by atoms with Crippen LogP contribution in [0.2, 0.25) is 0 Å². The van der Waals surface area contributed by atoms with Crippen molar-refractivity contribution in [2.75, 3.05) is 0 Å². The first-order chi connectivity index (χ1) is 9.06. The lowest BCUT2D eigenvalue weighted by molar-refractivity contribution is 0.190. The van der Waals surface area contributed by atoms with E-state index in [-0.39, 0.29) is 12.1 Å². The summed E-state index contributed by atoms with van der Waals surface area (Å²) in [5, 5.41) is 0. The molecule has 2 nitrogen and oxygen atoms in total. The molecule has 2 aromatic rings. The Morgan fingerprint density at radius 1 is 0.947 bits per heavy atom.